The van der Waals surface area contributed by atoms with Crippen molar-refractivity contribution in [3.05, 3.63) is 23.8 Å². The molecule has 0 aliphatic carbocycles. The van der Waals surface area contributed by atoms with Gasteiger partial charge in [-0.1, -0.05) is 5.92 Å². The van der Waals surface area contributed by atoms with Gasteiger partial charge in [-0.15, -0.1) is 17.7 Å². The first-order chi connectivity index (χ1) is 6.33. The van der Waals surface area contributed by atoms with Crippen LogP contribution >= 0.6 is 11.8 Å². The second-order valence-electron chi connectivity index (χ2n) is 2.56. The Bertz CT molecular complexity index is 308. The molecular weight excluding hydrogens is 180 g/mol. The van der Waals surface area contributed by atoms with Crippen molar-refractivity contribution < 1.29 is 0 Å². The van der Waals surface area contributed by atoms with Gasteiger partial charge in [-0.3, -0.25) is 0 Å². The Labute approximate surface area is 83.2 Å². The van der Waals surface area contributed by atoms with Crippen molar-refractivity contribution in [3.8, 4) is 11.8 Å². The van der Waals surface area contributed by atoms with Crippen molar-refractivity contribution in [1.29, 1.82) is 0 Å². The molecular formula is C10H12N2S. The fourth-order valence-corrected chi connectivity index (χ4v) is 1.52. The Kier molecular flexibility index (Phi) is 4.34. The maximum Gasteiger partial charge on any atom is 0.125 e. The maximum absolute atomic E-state index is 4.12. The molecule has 0 aromatic carbocycles. The standard InChI is InChI=1S/C10H12N2S/c1-3-4-5-13-8-10-6-11-9(2)12-7-10/h6-7H,5,8H2,1-2H3. The van der Waals surface area contributed by atoms with Gasteiger partial charge in [0.1, 0.15) is 5.82 Å². The van der Waals surface area contributed by atoms with E-state index in [0.29, 0.717) is 0 Å². The summed E-state index contributed by atoms with van der Waals surface area (Å²) in [6, 6.07) is 0. The number of rotatable bonds is 3. The van der Waals surface area contributed by atoms with Crippen LogP contribution in [0.25, 0.3) is 0 Å². The number of nitrogens with zero attached hydrogens (tertiary/aromatic N) is 2. The molecule has 0 bridgehead atoms. The maximum atomic E-state index is 4.12. The zero-order valence-electron chi connectivity index (χ0n) is 7.87. The summed E-state index contributed by atoms with van der Waals surface area (Å²) in [5.41, 5.74) is 1.16. The smallest absolute Gasteiger partial charge is 0.125 e. The summed E-state index contributed by atoms with van der Waals surface area (Å²) in [6.07, 6.45) is 3.74. The molecule has 0 aliphatic rings. The van der Waals surface area contributed by atoms with Crippen molar-refractivity contribution in [2.45, 2.75) is 19.6 Å². The van der Waals surface area contributed by atoms with E-state index in [4.69, 9.17) is 0 Å². The third-order valence-electron chi connectivity index (χ3n) is 1.45. The molecule has 0 fully saturated rings. The summed E-state index contributed by atoms with van der Waals surface area (Å²) in [6.45, 7) is 3.75. The quantitative estimate of drug-likeness (QED) is 0.541. The first kappa shape index (κ1) is 10.1. The second kappa shape index (κ2) is 5.60. The third-order valence-corrected chi connectivity index (χ3v) is 2.34. The Balaban J connectivity index is 2.36. The van der Waals surface area contributed by atoms with E-state index in [1.165, 1.54) is 0 Å². The van der Waals surface area contributed by atoms with E-state index < -0.39 is 0 Å². The highest BCUT2D eigenvalue weighted by molar-refractivity contribution is 7.98. The van der Waals surface area contributed by atoms with Crippen LogP contribution in [0.15, 0.2) is 12.4 Å². The molecule has 1 heterocycles. The summed E-state index contributed by atoms with van der Waals surface area (Å²) in [7, 11) is 0. The Morgan fingerprint density at radius 2 is 2.08 bits per heavy atom. The molecule has 3 heteroatoms. The highest BCUT2D eigenvalue weighted by Crippen LogP contribution is 2.08. The lowest BCUT2D eigenvalue weighted by molar-refractivity contribution is 1.03. The van der Waals surface area contributed by atoms with Crippen LogP contribution in [0.5, 0.6) is 0 Å². The average molecular weight is 192 g/mol. The second-order valence-corrected chi connectivity index (χ2v) is 3.54. The molecule has 0 saturated heterocycles. The van der Waals surface area contributed by atoms with E-state index >= 15 is 0 Å². The first-order valence-corrected chi connectivity index (χ1v) is 5.23. The highest BCUT2D eigenvalue weighted by Gasteiger charge is 1.93. The molecule has 1 aromatic rings. The van der Waals surface area contributed by atoms with Crippen LogP contribution in [0.4, 0.5) is 0 Å². The van der Waals surface area contributed by atoms with Gasteiger partial charge in [-0.25, -0.2) is 9.97 Å². The third kappa shape index (κ3) is 3.95. The molecule has 1 aromatic heterocycles. The van der Waals surface area contributed by atoms with E-state index in [-0.39, 0.29) is 0 Å². The zero-order valence-corrected chi connectivity index (χ0v) is 8.69. The van der Waals surface area contributed by atoms with Crippen LogP contribution in [-0.2, 0) is 5.75 Å². The number of thioether (sulfide) groups is 1. The van der Waals surface area contributed by atoms with Crippen molar-refractivity contribution in [3.63, 3.8) is 0 Å². The van der Waals surface area contributed by atoms with Gasteiger partial charge < -0.3 is 0 Å². The first-order valence-electron chi connectivity index (χ1n) is 4.08. The fourth-order valence-electron chi connectivity index (χ4n) is 0.786. The lowest BCUT2D eigenvalue weighted by atomic mass is 10.4. The molecule has 0 unspecified atom stereocenters. The van der Waals surface area contributed by atoms with Crippen molar-refractivity contribution >= 4 is 11.8 Å². The Morgan fingerprint density at radius 3 is 2.69 bits per heavy atom. The number of hydrogen-bond donors (Lipinski definition) is 0. The van der Waals surface area contributed by atoms with Crippen LogP contribution in [-0.4, -0.2) is 15.7 Å². The van der Waals surface area contributed by atoms with E-state index in [1.54, 1.807) is 11.8 Å². The SMILES string of the molecule is CC#CCSCc1cnc(C)nc1. The normalized spacial score (nSPS) is 9.08. The van der Waals surface area contributed by atoms with Gasteiger partial charge in [-0.2, -0.15) is 0 Å². The Hall–Kier alpha value is -1.01. The summed E-state index contributed by atoms with van der Waals surface area (Å²) in [5, 5.41) is 0. The van der Waals surface area contributed by atoms with Crippen LogP contribution in [0.3, 0.4) is 0 Å². The van der Waals surface area contributed by atoms with Gasteiger partial charge in [0.25, 0.3) is 0 Å². The number of aryl methyl sites for hydroxylation is 1. The molecule has 0 N–H and O–H groups in total. The van der Waals surface area contributed by atoms with Gasteiger partial charge in [0.2, 0.25) is 0 Å². The van der Waals surface area contributed by atoms with Gasteiger partial charge >= 0.3 is 0 Å². The largest absolute Gasteiger partial charge is 0.241 e. The van der Waals surface area contributed by atoms with E-state index in [9.17, 15) is 0 Å². The van der Waals surface area contributed by atoms with Gasteiger partial charge in [0, 0.05) is 18.1 Å². The van der Waals surface area contributed by atoms with Crippen LogP contribution in [0.2, 0.25) is 0 Å². The van der Waals surface area contributed by atoms with E-state index in [2.05, 4.69) is 21.8 Å². The molecule has 0 radical (unpaired) electrons. The molecule has 2 nitrogen and oxygen atoms in total. The van der Waals surface area contributed by atoms with Crippen molar-refractivity contribution in [1.82, 2.24) is 9.97 Å². The summed E-state index contributed by atoms with van der Waals surface area (Å²) < 4.78 is 0. The Morgan fingerprint density at radius 1 is 1.38 bits per heavy atom. The lowest BCUT2D eigenvalue weighted by Gasteiger charge is -1.97. The molecule has 1 rings (SSSR count). The van der Waals surface area contributed by atoms with E-state index in [1.807, 2.05) is 26.2 Å². The van der Waals surface area contributed by atoms with Crippen LogP contribution < -0.4 is 0 Å². The van der Waals surface area contributed by atoms with Crippen LogP contribution in [0.1, 0.15) is 18.3 Å². The van der Waals surface area contributed by atoms with Gasteiger partial charge in [0.05, 0.1) is 5.75 Å². The van der Waals surface area contributed by atoms with Crippen LogP contribution in [0, 0.1) is 18.8 Å². The molecule has 0 amide bonds. The zero-order chi connectivity index (χ0) is 9.52. The van der Waals surface area contributed by atoms with E-state index in [0.717, 1.165) is 22.9 Å². The summed E-state index contributed by atoms with van der Waals surface area (Å²) in [5.74, 6) is 8.50. The summed E-state index contributed by atoms with van der Waals surface area (Å²) in [4.78, 5) is 8.24. The number of aromatic nitrogens is 2. The molecule has 0 spiro atoms. The number of hydrogen-bond acceptors (Lipinski definition) is 3. The fraction of sp³-hybridized carbons (Fsp3) is 0.400. The van der Waals surface area contributed by atoms with Crippen molar-refractivity contribution in [2.75, 3.05) is 5.75 Å². The minimum absolute atomic E-state index is 0.821. The predicted molar refractivity (Wildman–Crippen MR) is 56.4 cm³/mol. The lowest BCUT2D eigenvalue weighted by Crippen LogP contribution is -1.89. The predicted octanol–water partition coefficient (Wildman–Crippen LogP) is 2.04. The molecule has 0 atom stereocenters. The monoisotopic (exact) mass is 192 g/mol. The highest BCUT2D eigenvalue weighted by atomic mass is 32.2. The minimum atomic E-state index is 0.821. The molecule has 0 saturated carbocycles. The molecule has 13 heavy (non-hydrogen) atoms. The van der Waals surface area contributed by atoms with Gasteiger partial charge in [0.15, 0.2) is 0 Å². The topological polar surface area (TPSA) is 25.8 Å². The average Bonchev–Trinajstić information content (AvgIpc) is 2.15. The molecule has 0 aliphatic heterocycles. The minimum Gasteiger partial charge on any atom is -0.241 e. The van der Waals surface area contributed by atoms with Gasteiger partial charge in [-0.05, 0) is 19.4 Å². The summed E-state index contributed by atoms with van der Waals surface area (Å²) >= 11 is 1.78. The molecule has 68 valence electrons. The van der Waals surface area contributed by atoms with Crippen molar-refractivity contribution in [2.24, 2.45) is 0 Å².